The molecule has 162 valence electrons. The zero-order chi connectivity index (χ0) is 22.2. The zero-order valence-electron chi connectivity index (χ0n) is 16.8. The number of rotatable bonds is 5. The standard InChI is InChI=1S/C22H21F2N3O3S/c1-2-22(14-7-9-15(23)10-8-14)20(29)27(21(30)25-22)13-18(28)26-11-12-31-19(26)16-5-3-4-6-17(16)24/h3-10,19H,2,11-13H2,1H3,(H,25,30)/t19-,22-/m1/s1. The van der Waals surface area contributed by atoms with E-state index in [-0.39, 0.29) is 6.42 Å². The topological polar surface area (TPSA) is 69.7 Å². The molecule has 0 radical (unpaired) electrons. The maximum Gasteiger partial charge on any atom is 0.325 e. The first-order chi connectivity index (χ1) is 14.9. The van der Waals surface area contributed by atoms with E-state index in [1.54, 1.807) is 25.1 Å². The van der Waals surface area contributed by atoms with E-state index < -0.39 is 46.9 Å². The van der Waals surface area contributed by atoms with E-state index >= 15 is 0 Å². The molecule has 2 aliphatic heterocycles. The number of hydrogen-bond acceptors (Lipinski definition) is 4. The number of benzene rings is 2. The van der Waals surface area contributed by atoms with Crippen molar-refractivity contribution >= 4 is 29.6 Å². The minimum atomic E-state index is -1.35. The van der Waals surface area contributed by atoms with Gasteiger partial charge in [0.25, 0.3) is 5.91 Å². The lowest BCUT2D eigenvalue weighted by atomic mass is 9.87. The highest BCUT2D eigenvalue weighted by Gasteiger charge is 2.52. The SMILES string of the molecule is CC[C@]1(c2ccc(F)cc2)NC(=O)N(CC(=O)N2CCS[C@@H]2c2ccccc2F)C1=O. The molecule has 0 aromatic heterocycles. The van der Waals surface area contributed by atoms with Crippen LogP contribution in [-0.4, -0.2) is 46.5 Å². The fourth-order valence-electron chi connectivity index (χ4n) is 4.03. The second kappa shape index (κ2) is 8.30. The highest BCUT2D eigenvalue weighted by Crippen LogP contribution is 2.39. The average molecular weight is 445 g/mol. The van der Waals surface area contributed by atoms with Crippen LogP contribution in [0.2, 0.25) is 0 Å². The van der Waals surface area contributed by atoms with Crippen molar-refractivity contribution in [2.24, 2.45) is 0 Å². The van der Waals surface area contributed by atoms with Gasteiger partial charge in [0.05, 0.1) is 0 Å². The lowest BCUT2D eigenvalue weighted by Crippen LogP contribution is -2.45. The molecule has 2 fully saturated rings. The Morgan fingerprint density at radius 2 is 1.87 bits per heavy atom. The normalized spacial score (nSPS) is 23.4. The number of urea groups is 1. The highest BCUT2D eigenvalue weighted by atomic mass is 32.2. The predicted octanol–water partition coefficient (Wildman–Crippen LogP) is 3.40. The molecule has 2 aromatic carbocycles. The molecule has 6 nitrogen and oxygen atoms in total. The van der Waals surface area contributed by atoms with E-state index in [9.17, 15) is 23.2 Å². The van der Waals surface area contributed by atoms with Gasteiger partial charge in [0.2, 0.25) is 5.91 Å². The van der Waals surface area contributed by atoms with Crippen molar-refractivity contribution in [2.75, 3.05) is 18.8 Å². The first-order valence-corrected chi connectivity index (χ1v) is 11.0. The number of thioether (sulfide) groups is 1. The lowest BCUT2D eigenvalue weighted by molar-refractivity contribution is -0.139. The number of nitrogens with zero attached hydrogens (tertiary/aromatic N) is 2. The predicted molar refractivity (Wildman–Crippen MR) is 112 cm³/mol. The van der Waals surface area contributed by atoms with Gasteiger partial charge in [0.1, 0.15) is 29.1 Å². The van der Waals surface area contributed by atoms with Gasteiger partial charge in [0, 0.05) is 17.9 Å². The number of carbonyl (C=O) groups excluding carboxylic acids is 3. The molecule has 0 aliphatic carbocycles. The van der Waals surface area contributed by atoms with Crippen molar-refractivity contribution in [3.8, 4) is 0 Å². The Balaban J connectivity index is 1.55. The molecule has 2 aromatic rings. The van der Waals surface area contributed by atoms with Crippen LogP contribution in [0.3, 0.4) is 0 Å². The number of carbonyl (C=O) groups is 3. The first-order valence-electron chi connectivity index (χ1n) is 9.93. The quantitative estimate of drug-likeness (QED) is 0.717. The summed E-state index contributed by atoms with van der Waals surface area (Å²) in [5.74, 6) is -1.23. The maximum absolute atomic E-state index is 14.3. The number of hydrogen-bond donors (Lipinski definition) is 1. The molecule has 0 saturated carbocycles. The van der Waals surface area contributed by atoms with Gasteiger partial charge in [-0.2, -0.15) is 0 Å². The summed E-state index contributed by atoms with van der Waals surface area (Å²) in [5, 5.41) is 2.17. The van der Waals surface area contributed by atoms with Gasteiger partial charge in [-0.3, -0.25) is 14.5 Å². The van der Waals surface area contributed by atoms with Crippen LogP contribution in [0.15, 0.2) is 48.5 Å². The third-order valence-corrected chi connectivity index (χ3v) is 6.96. The Morgan fingerprint density at radius 1 is 1.16 bits per heavy atom. The molecule has 2 aliphatic rings. The second-order valence-electron chi connectivity index (χ2n) is 7.42. The summed E-state index contributed by atoms with van der Waals surface area (Å²) >= 11 is 1.43. The molecular formula is C22H21F2N3O3S. The van der Waals surface area contributed by atoms with Crippen LogP contribution in [0.1, 0.15) is 29.8 Å². The highest BCUT2D eigenvalue weighted by molar-refractivity contribution is 7.99. The van der Waals surface area contributed by atoms with Crippen LogP contribution < -0.4 is 5.32 Å². The van der Waals surface area contributed by atoms with E-state index in [2.05, 4.69) is 5.32 Å². The van der Waals surface area contributed by atoms with Crippen molar-refractivity contribution < 1.29 is 23.2 Å². The Morgan fingerprint density at radius 3 is 2.55 bits per heavy atom. The van der Waals surface area contributed by atoms with Gasteiger partial charge in [-0.25, -0.2) is 13.6 Å². The summed E-state index contributed by atoms with van der Waals surface area (Å²) in [6.45, 7) is 1.68. The van der Waals surface area contributed by atoms with Crippen molar-refractivity contribution in [3.63, 3.8) is 0 Å². The molecule has 0 bridgehead atoms. The van der Waals surface area contributed by atoms with Crippen LogP contribution in [0.4, 0.5) is 13.6 Å². The zero-order valence-corrected chi connectivity index (χ0v) is 17.6. The lowest BCUT2D eigenvalue weighted by Gasteiger charge is -2.27. The van der Waals surface area contributed by atoms with E-state index in [1.807, 2.05) is 0 Å². The summed E-state index contributed by atoms with van der Waals surface area (Å²) in [6, 6.07) is 10.9. The average Bonchev–Trinajstić information content (AvgIpc) is 3.34. The number of imide groups is 1. The Kier molecular flexibility index (Phi) is 5.70. The number of halogens is 2. The fraction of sp³-hybridized carbons (Fsp3) is 0.318. The Bertz CT molecular complexity index is 1030. The summed E-state index contributed by atoms with van der Waals surface area (Å²) in [6.07, 6.45) is 0.241. The summed E-state index contributed by atoms with van der Waals surface area (Å²) < 4.78 is 27.6. The summed E-state index contributed by atoms with van der Waals surface area (Å²) in [4.78, 5) is 41.3. The van der Waals surface area contributed by atoms with Gasteiger partial charge in [0.15, 0.2) is 0 Å². The smallest absolute Gasteiger partial charge is 0.324 e. The molecule has 2 saturated heterocycles. The molecule has 31 heavy (non-hydrogen) atoms. The van der Waals surface area contributed by atoms with E-state index in [0.717, 1.165) is 4.90 Å². The minimum Gasteiger partial charge on any atom is -0.324 e. The third-order valence-electron chi connectivity index (χ3n) is 5.72. The van der Waals surface area contributed by atoms with Gasteiger partial charge in [-0.1, -0.05) is 37.3 Å². The molecule has 0 unspecified atom stereocenters. The Hall–Kier alpha value is -2.94. The van der Waals surface area contributed by atoms with Crippen LogP contribution in [0, 0.1) is 11.6 Å². The molecule has 1 N–H and O–H groups in total. The number of amides is 4. The van der Waals surface area contributed by atoms with Crippen molar-refractivity contribution in [1.82, 2.24) is 15.1 Å². The molecule has 4 rings (SSSR count). The molecule has 2 atom stereocenters. The van der Waals surface area contributed by atoms with E-state index in [4.69, 9.17) is 0 Å². The molecule has 9 heteroatoms. The van der Waals surface area contributed by atoms with Gasteiger partial charge in [-0.05, 0) is 30.2 Å². The van der Waals surface area contributed by atoms with Crippen LogP contribution >= 0.6 is 11.8 Å². The monoisotopic (exact) mass is 445 g/mol. The first kappa shape index (κ1) is 21.3. The second-order valence-corrected chi connectivity index (χ2v) is 8.61. The summed E-state index contributed by atoms with van der Waals surface area (Å²) in [7, 11) is 0. The van der Waals surface area contributed by atoms with Crippen LogP contribution in [0.5, 0.6) is 0 Å². The fourth-order valence-corrected chi connectivity index (χ4v) is 5.33. The van der Waals surface area contributed by atoms with Gasteiger partial charge >= 0.3 is 6.03 Å². The molecule has 2 heterocycles. The van der Waals surface area contributed by atoms with Crippen molar-refractivity contribution in [1.29, 1.82) is 0 Å². The van der Waals surface area contributed by atoms with Crippen molar-refractivity contribution in [3.05, 3.63) is 71.3 Å². The van der Waals surface area contributed by atoms with E-state index in [1.165, 1.54) is 47.0 Å². The molecule has 0 spiro atoms. The van der Waals surface area contributed by atoms with Crippen molar-refractivity contribution in [2.45, 2.75) is 24.3 Å². The maximum atomic E-state index is 14.3. The third kappa shape index (κ3) is 3.67. The summed E-state index contributed by atoms with van der Waals surface area (Å²) in [5.41, 5.74) is -0.508. The van der Waals surface area contributed by atoms with Gasteiger partial charge < -0.3 is 10.2 Å². The largest absolute Gasteiger partial charge is 0.325 e. The van der Waals surface area contributed by atoms with Crippen LogP contribution in [0.25, 0.3) is 0 Å². The minimum absolute atomic E-state index is 0.241. The molecular weight excluding hydrogens is 424 g/mol. The number of nitrogens with one attached hydrogen (secondary N) is 1. The molecule has 4 amide bonds. The Labute approximate surface area is 182 Å². The van der Waals surface area contributed by atoms with Crippen LogP contribution in [-0.2, 0) is 15.1 Å². The van der Waals surface area contributed by atoms with Gasteiger partial charge in [-0.15, -0.1) is 11.8 Å². The van der Waals surface area contributed by atoms with E-state index in [0.29, 0.717) is 23.4 Å².